The summed E-state index contributed by atoms with van der Waals surface area (Å²) >= 11 is 0. The lowest BCUT2D eigenvalue weighted by atomic mass is 10.2. The minimum Gasteiger partial charge on any atom is -0.463 e. The zero-order valence-corrected chi connectivity index (χ0v) is 22.0. The SMILES string of the molecule is CCCNC(=O)NCCCCCC(=O)OCCOCCOOC(=O)CCCCCNC(=O)NCCC. The van der Waals surface area contributed by atoms with Gasteiger partial charge in [0.25, 0.3) is 0 Å². The first-order chi connectivity index (χ1) is 17.5. The number of esters is 1. The van der Waals surface area contributed by atoms with E-state index in [0.29, 0.717) is 45.4 Å². The summed E-state index contributed by atoms with van der Waals surface area (Å²) in [4.78, 5) is 55.4. The monoisotopic (exact) mass is 518 g/mol. The van der Waals surface area contributed by atoms with Crippen LogP contribution in [-0.2, 0) is 28.8 Å². The van der Waals surface area contributed by atoms with E-state index in [1.165, 1.54) is 0 Å². The first-order valence-corrected chi connectivity index (χ1v) is 13.1. The van der Waals surface area contributed by atoms with Crippen LogP contribution in [0.2, 0.25) is 0 Å². The lowest BCUT2D eigenvalue weighted by Gasteiger charge is -2.08. The van der Waals surface area contributed by atoms with Crippen LogP contribution in [0.5, 0.6) is 0 Å². The van der Waals surface area contributed by atoms with E-state index in [4.69, 9.17) is 14.4 Å². The van der Waals surface area contributed by atoms with Crippen molar-refractivity contribution in [3.63, 3.8) is 0 Å². The van der Waals surface area contributed by atoms with Gasteiger partial charge in [0.1, 0.15) is 13.2 Å². The number of nitrogens with one attached hydrogen (secondary N) is 4. The first-order valence-electron chi connectivity index (χ1n) is 13.1. The molecule has 36 heavy (non-hydrogen) atoms. The molecule has 0 bridgehead atoms. The highest BCUT2D eigenvalue weighted by atomic mass is 17.2. The van der Waals surface area contributed by atoms with Crippen LogP contribution < -0.4 is 21.3 Å². The Morgan fingerprint density at radius 1 is 0.556 bits per heavy atom. The Hall–Kier alpha value is -2.60. The van der Waals surface area contributed by atoms with Gasteiger partial charge in [0, 0.05) is 39.0 Å². The van der Waals surface area contributed by atoms with E-state index in [0.717, 1.165) is 38.5 Å². The van der Waals surface area contributed by atoms with Crippen molar-refractivity contribution in [2.45, 2.75) is 78.1 Å². The summed E-state index contributed by atoms with van der Waals surface area (Å²) in [6.45, 7) is 7.09. The maximum atomic E-state index is 11.7. The number of urea groups is 2. The van der Waals surface area contributed by atoms with Crippen LogP contribution in [0.3, 0.4) is 0 Å². The van der Waals surface area contributed by atoms with Crippen molar-refractivity contribution in [1.29, 1.82) is 0 Å². The highest BCUT2D eigenvalue weighted by Crippen LogP contribution is 2.02. The van der Waals surface area contributed by atoms with Crippen LogP contribution in [0.4, 0.5) is 9.59 Å². The van der Waals surface area contributed by atoms with Gasteiger partial charge in [0.2, 0.25) is 0 Å². The zero-order valence-electron chi connectivity index (χ0n) is 22.0. The third-order valence-electron chi connectivity index (χ3n) is 4.71. The molecule has 0 heterocycles. The third kappa shape index (κ3) is 24.5. The van der Waals surface area contributed by atoms with Crippen molar-refractivity contribution in [2.75, 3.05) is 52.6 Å². The number of rotatable bonds is 23. The van der Waals surface area contributed by atoms with Crippen LogP contribution in [0.1, 0.15) is 78.1 Å². The molecule has 0 unspecified atom stereocenters. The molecule has 0 spiro atoms. The van der Waals surface area contributed by atoms with Crippen molar-refractivity contribution < 1.29 is 38.4 Å². The minimum absolute atomic E-state index is 0.0843. The van der Waals surface area contributed by atoms with Crippen molar-refractivity contribution in [1.82, 2.24) is 21.3 Å². The van der Waals surface area contributed by atoms with Gasteiger partial charge in [-0.05, 0) is 38.5 Å². The molecule has 0 aliphatic carbocycles. The molecule has 210 valence electrons. The van der Waals surface area contributed by atoms with E-state index >= 15 is 0 Å². The molecule has 0 aromatic carbocycles. The summed E-state index contributed by atoms with van der Waals surface area (Å²) in [6.07, 6.45) is 6.90. The molecule has 0 fully saturated rings. The summed E-state index contributed by atoms with van der Waals surface area (Å²) < 4.78 is 10.3. The van der Waals surface area contributed by atoms with Gasteiger partial charge in [0.05, 0.1) is 13.2 Å². The van der Waals surface area contributed by atoms with E-state index in [2.05, 4.69) is 26.2 Å². The molecule has 0 aliphatic heterocycles. The van der Waals surface area contributed by atoms with Gasteiger partial charge < -0.3 is 30.7 Å². The lowest BCUT2D eigenvalue weighted by molar-refractivity contribution is -0.276. The van der Waals surface area contributed by atoms with Gasteiger partial charge in [-0.25, -0.2) is 14.4 Å². The number of hydrogen-bond acceptors (Lipinski definition) is 8. The molecule has 0 aliphatic rings. The Morgan fingerprint density at radius 3 is 1.61 bits per heavy atom. The fourth-order valence-corrected chi connectivity index (χ4v) is 2.78. The molecule has 12 nitrogen and oxygen atoms in total. The van der Waals surface area contributed by atoms with Gasteiger partial charge in [-0.1, -0.05) is 26.7 Å². The van der Waals surface area contributed by atoms with Gasteiger partial charge in [-0.15, -0.1) is 0 Å². The van der Waals surface area contributed by atoms with E-state index in [-0.39, 0.29) is 50.9 Å². The number of ether oxygens (including phenoxy) is 2. The van der Waals surface area contributed by atoms with Crippen LogP contribution in [0.25, 0.3) is 0 Å². The quantitative estimate of drug-likeness (QED) is 0.0697. The van der Waals surface area contributed by atoms with Crippen molar-refractivity contribution in [3.8, 4) is 0 Å². The van der Waals surface area contributed by atoms with Gasteiger partial charge in [0.15, 0.2) is 0 Å². The van der Waals surface area contributed by atoms with Crippen LogP contribution >= 0.6 is 0 Å². The molecule has 4 amide bonds. The number of carbonyl (C=O) groups excluding carboxylic acids is 4. The minimum atomic E-state index is -0.451. The summed E-state index contributed by atoms with van der Waals surface area (Å²) in [6, 6.07) is -0.332. The first kappa shape index (κ1) is 33.4. The molecule has 12 heteroatoms. The standard InChI is InChI=1S/C24H46N4O8/c1-3-13-25-23(31)27-15-9-5-7-11-21(29)34-19-17-33-18-20-35-36-22(30)12-8-6-10-16-28-24(32)26-14-4-2/h3-20H2,1-2H3,(H2,25,27,31)(H2,26,28,32). The van der Waals surface area contributed by atoms with E-state index < -0.39 is 5.97 Å². The van der Waals surface area contributed by atoms with Gasteiger partial charge >= 0.3 is 24.0 Å². The Kier molecular flexibility index (Phi) is 23.7. The highest BCUT2D eigenvalue weighted by Gasteiger charge is 2.06. The second-order valence-corrected chi connectivity index (χ2v) is 8.10. The maximum absolute atomic E-state index is 11.7. The number of amides is 4. The molecule has 4 N–H and O–H groups in total. The van der Waals surface area contributed by atoms with E-state index in [9.17, 15) is 19.2 Å². The predicted molar refractivity (Wildman–Crippen MR) is 134 cm³/mol. The lowest BCUT2D eigenvalue weighted by Crippen LogP contribution is -2.36. The zero-order chi connectivity index (χ0) is 26.7. The second-order valence-electron chi connectivity index (χ2n) is 8.10. The number of carbonyl (C=O) groups is 4. The molecule has 0 radical (unpaired) electrons. The predicted octanol–water partition coefficient (Wildman–Crippen LogP) is 2.56. The molecule has 0 aromatic rings. The fraction of sp³-hybridized carbons (Fsp3) is 0.833. The van der Waals surface area contributed by atoms with E-state index in [1.807, 2.05) is 13.8 Å². The second kappa shape index (κ2) is 25.5. The summed E-state index contributed by atoms with van der Waals surface area (Å²) in [7, 11) is 0. The Morgan fingerprint density at radius 2 is 1.06 bits per heavy atom. The van der Waals surface area contributed by atoms with Crippen LogP contribution in [0.15, 0.2) is 0 Å². The third-order valence-corrected chi connectivity index (χ3v) is 4.71. The topological polar surface area (TPSA) is 153 Å². The summed E-state index contributed by atoms with van der Waals surface area (Å²) in [5.74, 6) is -0.735. The Labute approximate surface area is 214 Å². The summed E-state index contributed by atoms with van der Waals surface area (Å²) in [5, 5.41) is 11.0. The number of unbranched alkanes of at least 4 members (excludes halogenated alkanes) is 4. The largest absolute Gasteiger partial charge is 0.463 e. The number of hydrogen-bond donors (Lipinski definition) is 4. The highest BCUT2D eigenvalue weighted by molar-refractivity contribution is 5.74. The molecule has 0 saturated carbocycles. The maximum Gasteiger partial charge on any atom is 0.342 e. The fourth-order valence-electron chi connectivity index (χ4n) is 2.78. The van der Waals surface area contributed by atoms with Crippen LogP contribution in [0, 0.1) is 0 Å². The van der Waals surface area contributed by atoms with Gasteiger partial charge in [-0.2, -0.15) is 4.89 Å². The Bertz CT molecular complexity index is 542. The smallest absolute Gasteiger partial charge is 0.342 e. The van der Waals surface area contributed by atoms with E-state index in [1.54, 1.807) is 0 Å². The molecule has 0 atom stereocenters. The molecular weight excluding hydrogens is 472 g/mol. The van der Waals surface area contributed by atoms with Gasteiger partial charge in [-0.3, -0.25) is 9.68 Å². The Balaban J connectivity index is 3.36. The average molecular weight is 519 g/mol. The molecule has 0 saturated heterocycles. The molecular formula is C24H46N4O8. The van der Waals surface area contributed by atoms with Crippen LogP contribution in [-0.4, -0.2) is 76.6 Å². The summed E-state index contributed by atoms with van der Waals surface area (Å²) in [5.41, 5.74) is 0. The van der Waals surface area contributed by atoms with Crippen molar-refractivity contribution in [2.24, 2.45) is 0 Å². The van der Waals surface area contributed by atoms with Crippen molar-refractivity contribution >= 4 is 24.0 Å². The normalized spacial score (nSPS) is 10.4. The molecule has 0 rings (SSSR count). The van der Waals surface area contributed by atoms with Crippen molar-refractivity contribution in [3.05, 3.63) is 0 Å². The average Bonchev–Trinajstić information content (AvgIpc) is 2.87. The molecule has 0 aromatic heterocycles.